The zero-order valence-corrected chi connectivity index (χ0v) is 18.3. The third-order valence-corrected chi connectivity index (χ3v) is 7.18. The number of nitrogens with two attached hydrogens (primary N) is 1. The molecule has 2 aromatic rings. The molecule has 1 atom stereocenters. The lowest BCUT2D eigenvalue weighted by Crippen LogP contribution is -2.53. The number of amides is 2. The van der Waals surface area contributed by atoms with E-state index in [1.807, 2.05) is 29.2 Å². The van der Waals surface area contributed by atoms with Gasteiger partial charge in [0.1, 0.15) is 0 Å². The summed E-state index contributed by atoms with van der Waals surface area (Å²) in [6, 6.07) is 12.1. The van der Waals surface area contributed by atoms with Crippen molar-refractivity contribution in [3.8, 4) is 11.1 Å². The summed E-state index contributed by atoms with van der Waals surface area (Å²) in [4.78, 5) is 31.9. The number of pyridine rings is 1. The zero-order chi connectivity index (χ0) is 21.7. The van der Waals surface area contributed by atoms with Crippen molar-refractivity contribution in [2.24, 2.45) is 17.1 Å². The Hall–Kier alpha value is -2.69. The number of hydrogen-bond acceptors (Lipinski definition) is 3. The van der Waals surface area contributed by atoms with E-state index < -0.39 is 5.41 Å². The molecule has 1 aromatic carbocycles. The highest BCUT2D eigenvalue weighted by atomic mass is 16.2. The summed E-state index contributed by atoms with van der Waals surface area (Å²) in [5, 5.41) is 0. The van der Waals surface area contributed by atoms with Crippen molar-refractivity contribution in [3.05, 3.63) is 54.4 Å². The van der Waals surface area contributed by atoms with E-state index in [-0.39, 0.29) is 11.8 Å². The Labute approximate surface area is 185 Å². The molecule has 1 aliphatic heterocycles. The minimum Gasteiger partial charge on any atom is -0.369 e. The highest BCUT2D eigenvalue weighted by Crippen LogP contribution is 2.37. The number of rotatable bonds is 6. The van der Waals surface area contributed by atoms with Crippen LogP contribution in [0.2, 0.25) is 0 Å². The van der Waals surface area contributed by atoms with Gasteiger partial charge in [0.2, 0.25) is 11.8 Å². The van der Waals surface area contributed by atoms with Gasteiger partial charge in [-0.15, -0.1) is 0 Å². The van der Waals surface area contributed by atoms with E-state index in [4.69, 9.17) is 5.73 Å². The molecule has 0 radical (unpaired) electrons. The average molecular weight is 420 g/mol. The second-order valence-corrected chi connectivity index (χ2v) is 9.34. The molecule has 5 heteroatoms. The fraction of sp³-hybridized carbons (Fsp3) is 0.500. The van der Waals surface area contributed by atoms with Gasteiger partial charge in [-0.25, -0.2) is 0 Å². The molecule has 2 heterocycles. The summed E-state index contributed by atoms with van der Waals surface area (Å²) in [5.41, 5.74) is 8.54. The molecule has 4 rings (SSSR count). The lowest BCUT2D eigenvalue weighted by molar-refractivity contribution is -0.140. The highest BCUT2D eigenvalue weighted by molar-refractivity contribution is 5.84. The minimum atomic E-state index is -0.719. The van der Waals surface area contributed by atoms with Crippen LogP contribution in [0, 0.1) is 11.3 Å². The van der Waals surface area contributed by atoms with E-state index in [0.717, 1.165) is 48.9 Å². The van der Waals surface area contributed by atoms with Gasteiger partial charge in [-0.2, -0.15) is 0 Å². The summed E-state index contributed by atoms with van der Waals surface area (Å²) in [6.45, 7) is 1.16. The summed E-state index contributed by atoms with van der Waals surface area (Å²) in [6.07, 6.45) is 12.3. The van der Waals surface area contributed by atoms with Gasteiger partial charge in [0.05, 0.1) is 5.41 Å². The van der Waals surface area contributed by atoms with E-state index in [9.17, 15) is 9.59 Å². The van der Waals surface area contributed by atoms with Crippen molar-refractivity contribution in [1.82, 2.24) is 9.88 Å². The second-order valence-electron chi connectivity index (χ2n) is 9.34. The third kappa shape index (κ3) is 4.97. The topological polar surface area (TPSA) is 76.3 Å². The van der Waals surface area contributed by atoms with Crippen LogP contribution in [0.25, 0.3) is 11.1 Å². The van der Waals surface area contributed by atoms with Gasteiger partial charge in [-0.3, -0.25) is 14.6 Å². The number of hydrogen-bond donors (Lipinski definition) is 1. The molecule has 2 fully saturated rings. The van der Waals surface area contributed by atoms with Crippen LogP contribution < -0.4 is 5.73 Å². The van der Waals surface area contributed by atoms with E-state index in [1.165, 1.54) is 19.3 Å². The van der Waals surface area contributed by atoms with E-state index >= 15 is 0 Å². The van der Waals surface area contributed by atoms with Gasteiger partial charge in [-0.1, -0.05) is 43.5 Å². The molecular formula is C26H33N3O2. The molecule has 0 spiro atoms. The summed E-state index contributed by atoms with van der Waals surface area (Å²) in [5.74, 6) is 0.394. The number of likely N-dealkylation sites (tertiary alicyclic amines) is 1. The Balaban J connectivity index is 1.54. The van der Waals surface area contributed by atoms with Gasteiger partial charge < -0.3 is 10.6 Å². The van der Waals surface area contributed by atoms with Gasteiger partial charge in [0, 0.05) is 31.9 Å². The number of primary amides is 1. The Bertz CT molecular complexity index is 908. The lowest BCUT2D eigenvalue weighted by atomic mass is 9.73. The van der Waals surface area contributed by atoms with Crippen molar-refractivity contribution in [2.45, 2.75) is 57.8 Å². The van der Waals surface area contributed by atoms with E-state index in [1.54, 1.807) is 12.4 Å². The molecule has 31 heavy (non-hydrogen) atoms. The standard InChI is InChI=1S/C26H33N3O2/c27-25(31)26(18-22-9-4-5-10-23(22)21-11-14-28-15-12-21)13-6-16-29(19-26)24(30)17-20-7-2-1-3-8-20/h4-5,9-12,14-15,20H,1-3,6-8,13,16-19H2,(H2,27,31)/t26-/m1/s1. The van der Waals surface area contributed by atoms with Crippen LogP contribution in [0.4, 0.5) is 0 Å². The minimum absolute atomic E-state index is 0.194. The first-order valence-electron chi connectivity index (χ1n) is 11.6. The van der Waals surface area contributed by atoms with Crippen LogP contribution in [0.5, 0.6) is 0 Å². The second kappa shape index (κ2) is 9.63. The van der Waals surface area contributed by atoms with Crippen molar-refractivity contribution in [2.75, 3.05) is 13.1 Å². The lowest BCUT2D eigenvalue weighted by Gasteiger charge is -2.41. The van der Waals surface area contributed by atoms with Crippen LogP contribution in [-0.2, 0) is 16.0 Å². The van der Waals surface area contributed by atoms with Crippen LogP contribution in [0.15, 0.2) is 48.8 Å². The number of piperidine rings is 1. The SMILES string of the molecule is NC(=O)[C@@]1(Cc2ccccc2-c2ccncc2)CCCN(C(=O)CC2CCCCC2)C1. The Morgan fingerprint density at radius 3 is 2.52 bits per heavy atom. The van der Waals surface area contributed by atoms with Crippen molar-refractivity contribution in [1.29, 1.82) is 0 Å². The van der Waals surface area contributed by atoms with Crippen molar-refractivity contribution < 1.29 is 9.59 Å². The maximum absolute atomic E-state index is 13.1. The number of nitrogens with zero attached hydrogens (tertiary/aromatic N) is 2. The normalized spacial score (nSPS) is 22.3. The van der Waals surface area contributed by atoms with E-state index in [0.29, 0.717) is 25.3 Å². The third-order valence-electron chi connectivity index (χ3n) is 7.18. The summed E-state index contributed by atoms with van der Waals surface area (Å²) >= 11 is 0. The first-order chi connectivity index (χ1) is 15.1. The van der Waals surface area contributed by atoms with Crippen LogP contribution in [-0.4, -0.2) is 34.8 Å². The van der Waals surface area contributed by atoms with Gasteiger partial charge in [0.15, 0.2) is 0 Å². The predicted molar refractivity (Wildman–Crippen MR) is 122 cm³/mol. The molecule has 5 nitrogen and oxygen atoms in total. The summed E-state index contributed by atoms with van der Waals surface area (Å²) < 4.78 is 0. The molecule has 164 valence electrons. The maximum atomic E-state index is 13.1. The molecule has 0 unspecified atom stereocenters. The quantitative estimate of drug-likeness (QED) is 0.756. The number of carbonyl (C=O) groups is 2. The van der Waals surface area contributed by atoms with Crippen LogP contribution >= 0.6 is 0 Å². The maximum Gasteiger partial charge on any atom is 0.225 e. The molecule has 2 aliphatic rings. The molecule has 1 saturated carbocycles. The predicted octanol–water partition coefficient (Wildman–Crippen LogP) is 4.36. The van der Waals surface area contributed by atoms with Crippen molar-refractivity contribution in [3.63, 3.8) is 0 Å². The fourth-order valence-electron chi connectivity index (χ4n) is 5.40. The van der Waals surface area contributed by atoms with Crippen LogP contribution in [0.3, 0.4) is 0 Å². The Kier molecular flexibility index (Phi) is 6.69. The first kappa shape index (κ1) is 21.5. The summed E-state index contributed by atoms with van der Waals surface area (Å²) in [7, 11) is 0. The molecule has 2 N–H and O–H groups in total. The van der Waals surface area contributed by atoms with Gasteiger partial charge >= 0.3 is 0 Å². The largest absolute Gasteiger partial charge is 0.369 e. The number of aromatic nitrogens is 1. The monoisotopic (exact) mass is 419 g/mol. The Morgan fingerprint density at radius 1 is 1.03 bits per heavy atom. The molecule has 0 bridgehead atoms. The van der Waals surface area contributed by atoms with Gasteiger partial charge in [-0.05, 0) is 66.8 Å². The van der Waals surface area contributed by atoms with Gasteiger partial charge in [0.25, 0.3) is 0 Å². The number of carbonyl (C=O) groups excluding carboxylic acids is 2. The molecule has 2 amide bonds. The zero-order valence-electron chi connectivity index (χ0n) is 18.3. The fourth-order valence-corrected chi connectivity index (χ4v) is 5.40. The Morgan fingerprint density at radius 2 is 1.77 bits per heavy atom. The highest BCUT2D eigenvalue weighted by Gasteiger charge is 2.42. The average Bonchev–Trinajstić information content (AvgIpc) is 2.81. The van der Waals surface area contributed by atoms with Crippen molar-refractivity contribution >= 4 is 11.8 Å². The number of benzene rings is 1. The molecule has 1 aromatic heterocycles. The molecule has 1 saturated heterocycles. The molecular weight excluding hydrogens is 386 g/mol. The smallest absolute Gasteiger partial charge is 0.225 e. The van der Waals surface area contributed by atoms with Crippen LogP contribution in [0.1, 0.15) is 56.9 Å². The van der Waals surface area contributed by atoms with E-state index in [2.05, 4.69) is 17.1 Å². The molecule has 1 aliphatic carbocycles. The first-order valence-corrected chi connectivity index (χ1v) is 11.6.